The molecule has 0 saturated carbocycles. The molecule has 1 amide bonds. The van der Waals surface area contributed by atoms with E-state index in [4.69, 9.17) is 39.5 Å². The Morgan fingerprint density at radius 1 is 1.33 bits per heavy atom. The van der Waals surface area contributed by atoms with Crippen LogP contribution in [0.1, 0.15) is 16.8 Å². The lowest BCUT2D eigenvalue weighted by Gasteiger charge is -2.16. The summed E-state index contributed by atoms with van der Waals surface area (Å²) in [5.74, 6) is 0.205. The molecule has 0 aliphatic rings. The van der Waals surface area contributed by atoms with E-state index >= 15 is 0 Å². The number of ether oxygens (including phenoxy) is 1. The third kappa shape index (κ3) is 5.02. The van der Waals surface area contributed by atoms with E-state index in [1.165, 1.54) is 0 Å². The standard InChI is InChI=1S/C12H14Cl3NO2/c1-18-7-11(2-3-13)16-12(17)8-4-9(14)6-10(15)5-8/h4-6,11H,2-3,7H2,1H3,(H,16,17). The predicted octanol–water partition coefficient (Wildman–Crippen LogP) is 3.37. The van der Waals surface area contributed by atoms with Crippen LogP contribution < -0.4 is 5.32 Å². The van der Waals surface area contributed by atoms with Crippen LogP contribution in [0, 0.1) is 0 Å². The number of carbonyl (C=O) groups is 1. The molecule has 0 fully saturated rings. The highest BCUT2D eigenvalue weighted by atomic mass is 35.5. The highest BCUT2D eigenvalue weighted by Crippen LogP contribution is 2.19. The number of halogens is 3. The highest BCUT2D eigenvalue weighted by molar-refractivity contribution is 6.35. The Balaban J connectivity index is 2.73. The second-order valence-corrected chi connectivity index (χ2v) is 5.01. The molecule has 1 aromatic rings. The van der Waals surface area contributed by atoms with Crippen LogP contribution in [0.25, 0.3) is 0 Å². The van der Waals surface area contributed by atoms with Gasteiger partial charge in [-0.05, 0) is 24.6 Å². The van der Waals surface area contributed by atoms with Gasteiger partial charge in [0.05, 0.1) is 12.6 Å². The van der Waals surface area contributed by atoms with Gasteiger partial charge in [-0.25, -0.2) is 0 Å². The van der Waals surface area contributed by atoms with Gasteiger partial charge in [-0.1, -0.05) is 23.2 Å². The monoisotopic (exact) mass is 309 g/mol. The Hall–Kier alpha value is -0.480. The fraction of sp³-hybridized carbons (Fsp3) is 0.417. The van der Waals surface area contributed by atoms with Crippen LogP contribution >= 0.6 is 34.8 Å². The van der Waals surface area contributed by atoms with Gasteiger partial charge in [-0.3, -0.25) is 4.79 Å². The molecule has 3 nitrogen and oxygen atoms in total. The molecule has 6 heteroatoms. The lowest BCUT2D eigenvalue weighted by Crippen LogP contribution is -2.38. The highest BCUT2D eigenvalue weighted by Gasteiger charge is 2.14. The topological polar surface area (TPSA) is 38.3 Å². The van der Waals surface area contributed by atoms with Gasteiger partial charge in [0.15, 0.2) is 0 Å². The van der Waals surface area contributed by atoms with Crippen LogP contribution in [0.4, 0.5) is 0 Å². The molecular formula is C12H14Cl3NO2. The summed E-state index contributed by atoms with van der Waals surface area (Å²) in [6, 6.07) is 4.57. The first-order valence-corrected chi connectivity index (χ1v) is 6.67. The van der Waals surface area contributed by atoms with Gasteiger partial charge in [-0.15, -0.1) is 11.6 Å². The average Bonchev–Trinajstić information content (AvgIpc) is 2.28. The molecule has 0 spiro atoms. The number of hydrogen-bond acceptors (Lipinski definition) is 2. The van der Waals surface area contributed by atoms with Gasteiger partial charge in [0.2, 0.25) is 0 Å². The number of hydrogen-bond donors (Lipinski definition) is 1. The van der Waals surface area contributed by atoms with E-state index in [0.29, 0.717) is 34.5 Å². The molecule has 100 valence electrons. The first-order chi connectivity index (χ1) is 8.56. The van der Waals surface area contributed by atoms with E-state index in [0.717, 1.165) is 0 Å². The molecule has 0 aliphatic carbocycles. The Labute approximate surface area is 121 Å². The fourth-order valence-corrected chi connectivity index (χ4v) is 2.27. The third-order valence-corrected chi connectivity index (χ3v) is 2.94. The molecule has 0 radical (unpaired) electrons. The van der Waals surface area contributed by atoms with Crippen molar-refractivity contribution in [3.05, 3.63) is 33.8 Å². The van der Waals surface area contributed by atoms with Gasteiger partial charge < -0.3 is 10.1 Å². The lowest BCUT2D eigenvalue weighted by atomic mass is 10.1. The first-order valence-electron chi connectivity index (χ1n) is 5.38. The maximum atomic E-state index is 12.0. The van der Waals surface area contributed by atoms with Crippen LogP contribution in [-0.4, -0.2) is 31.5 Å². The van der Waals surface area contributed by atoms with Crippen LogP contribution in [0.5, 0.6) is 0 Å². The van der Waals surface area contributed by atoms with E-state index in [1.807, 2.05) is 0 Å². The Morgan fingerprint density at radius 2 is 1.94 bits per heavy atom. The number of nitrogens with one attached hydrogen (secondary N) is 1. The SMILES string of the molecule is COCC(CCCl)NC(=O)c1cc(Cl)cc(Cl)c1. The van der Waals surface area contributed by atoms with Crippen molar-refractivity contribution in [2.45, 2.75) is 12.5 Å². The second kappa shape index (κ2) is 7.85. The zero-order valence-electron chi connectivity index (χ0n) is 9.88. The fourth-order valence-electron chi connectivity index (χ4n) is 1.48. The molecule has 1 N–H and O–H groups in total. The van der Waals surface area contributed by atoms with E-state index in [-0.39, 0.29) is 11.9 Å². The van der Waals surface area contributed by atoms with Crippen LogP contribution in [0.15, 0.2) is 18.2 Å². The number of carbonyl (C=O) groups excluding carboxylic acids is 1. The number of alkyl halides is 1. The van der Waals surface area contributed by atoms with Gasteiger partial charge in [0.25, 0.3) is 5.91 Å². The van der Waals surface area contributed by atoms with E-state index < -0.39 is 0 Å². The molecule has 0 saturated heterocycles. The Bertz CT molecular complexity index is 386. The summed E-state index contributed by atoms with van der Waals surface area (Å²) < 4.78 is 5.02. The van der Waals surface area contributed by atoms with Crippen molar-refractivity contribution in [3.8, 4) is 0 Å². The Kier molecular flexibility index (Phi) is 6.79. The summed E-state index contributed by atoms with van der Waals surface area (Å²) in [5.41, 5.74) is 0.420. The second-order valence-electron chi connectivity index (χ2n) is 3.76. The predicted molar refractivity (Wildman–Crippen MR) is 74.9 cm³/mol. The molecular weight excluding hydrogens is 296 g/mol. The van der Waals surface area contributed by atoms with Gasteiger partial charge in [0, 0.05) is 28.6 Å². The van der Waals surface area contributed by atoms with Crippen molar-refractivity contribution in [2.24, 2.45) is 0 Å². The van der Waals surface area contributed by atoms with Crippen molar-refractivity contribution < 1.29 is 9.53 Å². The first kappa shape index (κ1) is 15.6. The minimum atomic E-state index is -0.244. The zero-order chi connectivity index (χ0) is 13.5. The summed E-state index contributed by atoms with van der Waals surface area (Å²) in [4.78, 5) is 12.0. The van der Waals surface area contributed by atoms with Gasteiger partial charge in [-0.2, -0.15) is 0 Å². The average molecular weight is 311 g/mol. The molecule has 1 unspecified atom stereocenters. The molecule has 18 heavy (non-hydrogen) atoms. The van der Waals surface area contributed by atoms with Crippen molar-refractivity contribution in [1.29, 1.82) is 0 Å². The number of amides is 1. The maximum absolute atomic E-state index is 12.0. The minimum absolute atomic E-state index is 0.127. The van der Waals surface area contributed by atoms with Crippen molar-refractivity contribution in [1.82, 2.24) is 5.32 Å². The number of benzene rings is 1. The molecule has 0 heterocycles. The zero-order valence-corrected chi connectivity index (χ0v) is 12.1. The number of methoxy groups -OCH3 is 1. The van der Waals surface area contributed by atoms with E-state index in [1.54, 1.807) is 25.3 Å². The summed E-state index contributed by atoms with van der Waals surface area (Å²) in [6.45, 7) is 0.409. The third-order valence-electron chi connectivity index (χ3n) is 2.29. The molecule has 1 aromatic carbocycles. The summed E-state index contributed by atoms with van der Waals surface area (Å²) in [6.07, 6.45) is 0.634. The van der Waals surface area contributed by atoms with Crippen molar-refractivity contribution in [3.63, 3.8) is 0 Å². The smallest absolute Gasteiger partial charge is 0.251 e. The summed E-state index contributed by atoms with van der Waals surface area (Å²) in [5, 5.41) is 3.67. The molecule has 0 bridgehead atoms. The van der Waals surface area contributed by atoms with Crippen LogP contribution in [0.3, 0.4) is 0 Å². The van der Waals surface area contributed by atoms with Crippen molar-refractivity contribution in [2.75, 3.05) is 19.6 Å². The molecule has 0 aromatic heterocycles. The largest absolute Gasteiger partial charge is 0.383 e. The normalized spacial score (nSPS) is 12.2. The summed E-state index contributed by atoms with van der Waals surface area (Å²) >= 11 is 17.3. The van der Waals surface area contributed by atoms with E-state index in [9.17, 15) is 4.79 Å². The summed E-state index contributed by atoms with van der Waals surface area (Å²) in [7, 11) is 1.57. The van der Waals surface area contributed by atoms with Crippen LogP contribution in [-0.2, 0) is 4.74 Å². The van der Waals surface area contributed by atoms with Crippen LogP contribution in [0.2, 0.25) is 10.0 Å². The molecule has 1 rings (SSSR count). The maximum Gasteiger partial charge on any atom is 0.251 e. The molecule has 1 atom stereocenters. The van der Waals surface area contributed by atoms with Gasteiger partial charge >= 0.3 is 0 Å². The van der Waals surface area contributed by atoms with Crippen molar-refractivity contribution >= 4 is 40.7 Å². The minimum Gasteiger partial charge on any atom is -0.383 e. The van der Waals surface area contributed by atoms with E-state index in [2.05, 4.69) is 5.32 Å². The quantitative estimate of drug-likeness (QED) is 0.818. The lowest BCUT2D eigenvalue weighted by molar-refractivity contribution is 0.0895. The van der Waals surface area contributed by atoms with Gasteiger partial charge in [0.1, 0.15) is 0 Å². The molecule has 0 aliphatic heterocycles. The Morgan fingerprint density at radius 3 is 2.44 bits per heavy atom. The number of rotatable bonds is 6.